The van der Waals surface area contributed by atoms with E-state index in [1.165, 1.54) is 6.26 Å². The van der Waals surface area contributed by atoms with Gasteiger partial charge in [-0.25, -0.2) is 4.39 Å². The average molecular weight is 368 g/mol. The van der Waals surface area contributed by atoms with Crippen LogP contribution in [0.15, 0.2) is 30.0 Å². The largest absolute Gasteiger partial charge is 0.434 e. The topological polar surface area (TPSA) is 26.3 Å². The molecule has 1 aromatic carbocycles. The van der Waals surface area contributed by atoms with Gasteiger partial charge >= 0.3 is 12.1 Å². The van der Waals surface area contributed by atoms with Crippen LogP contribution in [-0.4, -0.2) is 5.97 Å². The number of benzene rings is 1. The molecule has 0 amide bonds. The van der Waals surface area contributed by atoms with Crippen molar-refractivity contribution in [2.45, 2.75) is 39.8 Å². The Labute approximate surface area is 150 Å². The van der Waals surface area contributed by atoms with Crippen LogP contribution >= 0.6 is 0 Å². The normalized spacial score (nSPS) is 22.1. The van der Waals surface area contributed by atoms with Crippen molar-refractivity contribution < 1.29 is 27.1 Å². The molecule has 0 spiro atoms. The Morgan fingerprint density at radius 1 is 1.35 bits per heavy atom. The highest BCUT2D eigenvalue weighted by Crippen LogP contribution is 2.64. The van der Waals surface area contributed by atoms with Gasteiger partial charge in [0.15, 0.2) is 0 Å². The van der Waals surface area contributed by atoms with Crippen LogP contribution < -0.4 is 0 Å². The van der Waals surface area contributed by atoms with Gasteiger partial charge in [0.25, 0.3) is 0 Å². The van der Waals surface area contributed by atoms with Gasteiger partial charge in [-0.15, -0.1) is 6.42 Å². The molecule has 0 aliphatic heterocycles. The van der Waals surface area contributed by atoms with Crippen molar-refractivity contribution >= 4 is 5.97 Å². The molecule has 0 heterocycles. The van der Waals surface area contributed by atoms with Gasteiger partial charge in [-0.3, -0.25) is 4.79 Å². The first-order valence-electron chi connectivity index (χ1n) is 8.08. The van der Waals surface area contributed by atoms with E-state index in [1.807, 2.05) is 0 Å². The van der Waals surface area contributed by atoms with Crippen LogP contribution in [-0.2, 0) is 15.7 Å². The molecule has 0 aromatic heterocycles. The summed E-state index contributed by atoms with van der Waals surface area (Å²) < 4.78 is 58.2. The fraction of sp³-hybridized carbons (Fsp3) is 0.450. The summed E-state index contributed by atoms with van der Waals surface area (Å²) in [5, 5.41) is 0. The predicted octanol–water partition coefficient (Wildman–Crippen LogP) is 5.30. The minimum atomic E-state index is -4.61. The van der Waals surface area contributed by atoms with Gasteiger partial charge in [0.1, 0.15) is 5.82 Å². The third-order valence-corrected chi connectivity index (χ3v) is 4.77. The number of rotatable bonds is 4. The summed E-state index contributed by atoms with van der Waals surface area (Å²) >= 11 is 0. The Morgan fingerprint density at radius 2 is 1.96 bits per heavy atom. The van der Waals surface area contributed by atoms with Gasteiger partial charge in [0, 0.05) is 5.56 Å². The van der Waals surface area contributed by atoms with E-state index in [4.69, 9.17) is 11.2 Å². The quantitative estimate of drug-likeness (QED) is 0.312. The number of hydrogen-bond acceptors (Lipinski definition) is 2. The zero-order valence-corrected chi connectivity index (χ0v) is 14.9. The zero-order valence-electron chi connectivity index (χ0n) is 14.9. The Bertz CT molecular complexity index is 780. The van der Waals surface area contributed by atoms with Crippen LogP contribution in [0.5, 0.6) is 0 Å². The summed E-state index contributed by atoms with van der Waals surface area (Å²) in [7, 11) is 0. The molecule has 0 N–H and O–H groups in total. The molecular formula is C20H20F4O2. The molecule has 6 heteroatoms. The number of halogens is 4. The standard InChI is InChI=1S/C20H20F4O2/c1-6-13(14-9-12(20(22,23)24)7-8-15(14)21)16-17(19(16,4)5)18(25)26-10-11(2)3/h1,7-10,13,16-17H,2-5H3. The molecule has 0 bridgehead atoms. The lowest BCUT2D eigenvalue weighted by molar-refractivity contribution is -0.141. The Hall–Kier alpha value is -2.29. The minimum Gasteiger partial charge on any atom is -0.434 e. The molecule has 1 saturated carbocycles. The maximum atomic E-state index is 14.2. The zero-order chi connectivity index (χ0) is 19.9. The molecule has 2 rings (SSSR count). The molecular weight excluding hydrogens is 348 g/mol. The maximum absolute atomic E-state index is 14.2. The van der Waals surface area contributed by atoms with Gasteiger partial charge in [-0.2, -0.15) is 13.2 Å². The van der Waals surface area contributed by atoms with E-state index in [-0.39, 0.29) is 5.56 Å². The van der Waals surface area contributed by atoms with Crippen molar-refractivity contribution in [3.05, 3.63) is 47.0 Å². The van der Waals surface area contributed by atoms with Crippen molar-refractivity contribution in [2.24, 2.45) is 17.3 Å². The smallest absolute Gasteiger partial charge is 0.416 e. The van der Waals surface area contributed by atoms with Gasteiger partial charge in [0.2, 0.25) is 0 Å². The number of ether oxygens (including phenoxy) is 1. The lowest BCUT2D eigenvalue weighted by Crippen LogP contribution is -2.12. The van der Waals surface area contributed by atoms with Crippen molar-refractivity contribution in [2.75, 3.05) is 0 Å². The lowest BCUT2D eigenvalue weighted by atomic mass is 9.89. The first kappa shape index (κ1) is 20.0. The number of carbonyl (C=O) groups is 1. The third-order valence-electron chi connectivity index (χ3n) is 4.77. The predicted molar refractivity (Wildman–Crippen MR) is 89.3 cm³/mol. The van der Waals surface area contributed by atoms with Crippen LogP contribution in [0.3, 0.4) is 0 Å². The molecule has 3 atom stereocenters. The maximum Gasteiger partial charge on any atom is 0.416 e. The number of terminal acetylenes is 1. The third kappa shape index (κ3) is 3.77. The summed E-state index contributed by atoms with van der Waals surface area (Å²) in [5.41, 5.74) is -1.02. The fourth-order valence-electron chi connectivity index (χ4n) is 3.34. The second kappa shape index (κ2) is 6.79. The van der Waals surface area contributed by atoms with Gasteiger partial charge in [-0.05, 0) is 49.0 Å². The van der Waals surface area contributed by atoms with E-state index in [0.29, 0.717) is 6.07 Å². The van der Waals surface area contributed by atoms with Gasteiger partial charge in [0.05, 0.1) is 23.7 Å². The van der Waals surface area contributed by atoms with Gasteiger partial charge in [-0.1, -0.05) is 19.8 Å². The highest BCUT2D eigenvalue weighted by atomic mass is 19.4. The number of alkyl halides is 3. The minimum absolute atomic E-state index is 0.224. The Balaban J connectivity index is 2.36. The van der Waals surface area contributed by atoms with Crippen LogP contribution in [0.25, 0.3) is 0 Å². The fourth-order valence-corrected chi connectivity index (χ4v) is 3.34. The van der Waals surface area contributed by atoms with Crippen molar-refractivity contribution in [3.8, 4) is 12.3 Å². The molecule has 3 unspecified atom stereocenters. The number of hydrogen-bond donors (Lipinski definition) is 0. The second-order valence-corrected chi connectivity index (χ2v) is 7.34. The van der Waals surface area contributed by atoms with Crippen molar-refractivity contribution in [3.63, 3.8) is 0 Å². The average Bonchev–Trinajstić information content (AvgIpc) is 3.08. The van der Waals surface area contributed by atoms with E-state index in [0.717, 1.165) is 17.7 Å². The highest BCUT2D eigenvalue weighted by Gasteiger charge is 2.65. The number of esters is 1. The summed E-state index contributed by atoms with van der Waals surface area (Å²) in [4.78, 5) is 12.3. The monoisotopic (exact) mass is 368 g/mol. The van der Waals surface area contributed by atoms with E-state index < -0.39 is 46.7 Å². The summed E-state index contributed by atoms with van der Waals surface area (Å²) in [6, 6.07) is 2.16. The van der Waals surface area contributed by atoms with Crippen molar-refractivity contribution in [1.29, 1.82) is 0 Å². The van der Waals surface area contributed by atoms with Crippen LogP contribution in [0, 0.1) is 35.4 Å². The van der Waals surface area contributed by atoms with E-state index in [1.54, 1.807) is 27.7 Å². The Kier molecular flexibility index (Phi) is 5.23. The first-order chi connectivity index (χ1) is 11.9. The SMILES string of the molecule is C#CC(c1cc(C(F)(F)F)ccc1F)C1C(C(=O)OC=C(C)C)C1(C)C. The van der Waals surface area contributed by atoms with Crippen LogP contribution in [0.2, 0.25) is 0 Å². The molecule has 1 fully saturated rings. The molecule has 0 radical (unpaired) electrons. The van der Waals surface area contributed by atoms with E-state index in [9.17, 15) is 22.4 Å². The van der Waals surface area contributed by atoms with Crippen LogP contribution in [0.4, 0.5) is 17.6 Å². The van der Waals surface area contributed by atoms with Crippen LogP contribution in [0.1, 0.15) is 44.7 Å². The first-order valence-corrected chi connectivity index (χ1v) is 8.08. The molecule has 140 valence electrons. The molecule has 26 heavy (non-hydrogen) atoms. The number of allylic oxidation sites excluding steroid dienone is 1. The molecule has 0 saturated heterocycles. The van der Waals surface area contributed by atoms with Gasteiger partial charge < -0.3 is 4.74 Å². The van der Waals surface area contributed by atoms with Crippen molar-refractivity contribution in [1.82, 2.24) is 0 Å². The second-order valence-electron chi connectivity index (χ2n) is 7.34. The molecule has 1 aromatic rings. The number of carbonyl (C=O) groups excluding carboxylic acids is 1. The van der Waals surface area contributed by atoms with E-state index in [2.05, 4.69) is 5.92 Å². The lowest BCUT2D eigenvalue weighted by Gasteiger charge is -2.16. The van der Waals surface area contributed by atoms with E-state index >= 15 is 0 Å². The summed E-state index contributed by atoms with van der Waals surface area (Å²) in [6.45, 7) is 7.04. The Morgan fingerprint density at radius 3 is 2.46 bits per heavy atom. The molecule has 1 aliphatic carbocycles. The molecule has 2 nitrogen and oxygen atoms in total. The molecule has 1 aliphatic rings. The summed E-state index contributed by atoms with van der Waals surface area (Å²) in [5.74, 6) is -1.05. The summed E-state index contributed by atoms with van der Waals surface area (Å²) in [6.07, 6.45) is 2.22. The highest BCUT2D eigenvalue weighted by molar-refractivity contribution is 5.78.